The van der Waals surface area contributed by atoms with E-state index in [1.165, 1.54) is 0 Å². The third-order valence-corrected chi connectivity index (χ3v) is 5.37. The van der Waals surface area contributed by atoms with Crippen LogP contribution in [-0.4, -0.2) is 40.3 Å². The molecule has 1 aromatic carbocycles. The lowest BCUT2D eigenvalue weighted by molar-refractivity contribution is -0.126. The van der Waals surface area contributed by atoms with E-state index in [-0.39, 0.29) is 36.3 Å². The molecular weight excluding hydrogens is 386 g/mol. The van der Waals surface area contributed by atoms with Gasteiger partial charge in [0.2, 0.25) is 5.91 Å². The van der Waals surface area contributed by atoms with Crippen molar-refractivity contribution < 1.29 is 19.1 Å². The van der Waals surface area contributed by atoms with E-state index in [2.05, 4.69) is 25.9 Å². The van der Waals surface area contributed by atoms with Crippen molar-refractivity contribution in [3.8, 4) is 5.75 Å². The third-order valence-electron chi connectivity index (χ3n) is 5.37. The molecule has 0 atom stereocenters. The fourth-order valence-electron chi connectivity index (χ4n) is 3.73. The fraction of sp³-hybridized carbons (Fsp3) is 0.381. The number of benzene rings is 1. The van der Waals surface area contributed by atoms with Crippen molar-refractivity contribution in [3.05, 3.63) is 48.0 Å². The van der Waals surface area contributed by atoms with Crippen molar-refractivity contribution in [1.82, 2.24) is 20.6 Å². The van der Waals surface area contributed by atoms with Gasteiger partial charge >= 0.3 is 0 Å². The molecule has 0 unspecified atom stereocenters. The molecule has 30 heavy (non-hydrogen) atoms. The van der Waals surface area contributed by atoms with Crippen LogP contribution < -0.4 is 20.7 Å². The number of nitrogens with zero attached hydrogens (tertiary/aromatic N) is 2. The Hall–Kier alpha value is -3.49. The van der Waals surface area contributed by atoms with Crippen molar-refractivity contribution in [1.29, 1.82) is 0 Å². The highest BCUT2D eigenvalue weighted by atomic mass is 16.5. The molecular formula is C21H23N5O4. The van der Waals surface area contributed by atoms with Gasteiger partial charge in [-0.05, 0) is 43.9 Å². The molecule has 0 saturated heterocycles. The van der Waals surface area contributed by atoms with Crippen molar-refractivity contribution in [2.45, 2.75) is 38.3 Å². The quantitative estimate of drug-likeness (QED) is 0.686. The number of amides is 3. The summed E-state index contributed by atoms with van der Waals surface area (Å²) in [6, 6.07) is 4.99. The molecule has 0 radical (unpaired) electrons. The van der Waals surface area contributed by atoms with Crippen molar-refractivity contribution >= 4 is 23.4 Å². The van der Waals surface area contributed by atoms with Gasteiger partial charge in [-0.2, -0.15) is 0 Å². The van der Waals surface area contributed by atoms with Gasteiger partial charge < -0.3 is 20.7 Å². The summed E-state index contributed by atoms with van der Waals surface area (Å²) in [4.78, 5) is 44.5. The van der Waals surface area contributed by atoms with E-state index in [9.17, 15) is 14.4 Å². The Morgan fingerprint density at radius 3 is 2.77 bits per heavy atom. The number of carbonyl (C=O) groups is 3. The number of nitrogens with one attached hydrogen (secondary N) is 3. The largest absolute Gasteiger partial charge is 0.482 e. The number of hydrogen-bond acceptors (Lipinski definition) is 6. The van der Waals surface area contributed by atoms with Crippen LogP contribution in [0.1, 0.15) is 41.7 Å². The lowest BCUT2D eigenvalue weighted by Gasteiger charge is -2.28. The average Bonchev–Trinajstić information content (AvgIpc) is 2.78. The third kappa shape index (κ3) is 4.73. The molecule has 9 nitrogen and oxygen atoms in total. The second-order valence-electron chi connectivity index (χ2n) is 7.48. The fourth-order valence-corrected chi connectivity index (χ4v) is 3.73. The lowest BCUT2D eigenvalue weighted by atomic mass is 9.85. The van der Waals surface area contributed by atoms with Gasteiger partial charge in [0.25, 0.3) is 11.8 Å². The summed E-state index contributed by atoms with van der Waals surface area (Å²) in [7, 11) is 0. The Balaban J connectivity index is 1.25. The molecule has 4 rings (SSSR count). The highest BCUT2D eigenvalue weighted by Gasteiger charge is 2.27. The average molecular weight is 409 g/mol. The van der Waals surface area contributed by atoms with E-state index in [1.54, 1.807) is 36.8 Å². The van der Waals surface area contributed by atoms with Gasteiger partial charge in [0.1, 0.15) is 5.75 Å². The summed E-state index contributed by atoms with van der Waals surface area (Å²) in [6.07, 6.45) is 7.74. The molecule has 2 aromatic rings. The van der Waals surface area contributed by atoms with Crippen LogP contribution in [0.5, 0.6) is 5.75 Å². The van der Waals surface area contributed by atoms with Gasteiger partial charge in [0, 0.05) is 29.9 Å². The second kappa shape index (κ2) is 8.89. The minimum atomic E-state index is -0.211. The first-order valence-electron chi connectivity index (χ1n) is 9.98. The predicted octanol–water partition coefficient (Wildman–Crippen LogP) is 1.41. The van der Waals surface area contributed by atoms with Crippen LogP contribution in [-0.2, 0) is 16.1 Å². The van der Waals surface area contributed by atoms with Crippen LogP contribution in [0.25, 0.3) is 0 Å². The van der Waals surface area contributed by atoms with E-state index < -0.39 is 0 Å². The summed E-state index contributed by atoms with van der Waals surface area (Å²) in [5.74, 6) is 0.0478. The topological polar surface area (TPSA) is 122 Å². The predicted molar refractivity (Wildman–Crippen MR) is 108 cm³/mol. The lowest BCUT2D eigenvalue weighted by Crippen LogP contribution is -2.40. The van der Waals surface area contributed by atoms with E-state index in [0.717, 1.165) is 31.4 Å². The maximum atomic E-state index is 12.6. The minimum Gasteiger partial charge on any atom is -0.482 e. The number of hydrogen-bond donors (Lipinski definition) is 3. The van der Waals surface area contributed by atoms with Gasteiger partial charge in [0.05, 0.1) is 24.1 Å². The SMILES string of the molecule is O=C1COc2cc(C(=O)NC3CCC(C(=O)NCc4cnccn4)CC3)ccc2N1. The van der Waals surface area contributed by atoms with Gasteiger partial charge in [0.15, 0.2) is 6.61 Å². The number of carbonyl (C=O) groups excluding carboxylic acids is 3. The summed E-state index contributed by atoms with van der Waals surface area (Å²) < 4.78 is 5.37. The Labute approximate surface area is 173 Å². The monoisotopic (exact) mass is 409 g/mol. The smallest absolute Gasteiger partial charge is 0.262 e. The molecule has 1 saturated carbocycles. The molecule has 3 amide bonds. The van der Waals surface area contributed by atoms with E-state index in [0.29, 0.717) is 23.5 Å². The Kier molecular flexibility index (Phi) is 5.87. The molecule has 1 aliphatic heterocycles. The number of rotatable bonds is 5. The van der Waals surface area contributed by atoms with Crippen molar-refractivity contribution in [2.24, 2.45) is 5.92 Å². The van der Waals surface area contributed by atoms with E-state index in [4.69, 9.17) is 4.74 Å². The molecule has 2 heterocycles. The van der Waals surface area contributed by atoms with Crippen LogP contribution in [0.2, 0.25) is 0 Å². The van der Waals surface area contributed by atoms with Crippen LogP contribution in [0.15, 0.2) is 36.8 Å². The summed E-state index contributed by atoms with van der Waals surface area (Å²) in [6.45, 7) is 0.311. The molecule has 1 aromatic heterocycles. The maximum Gasteiger partial charge on any atom is 0.262 e. The molecule has 9 heteroatoms. The van der Waals surface area contributed by atoms with Crippen LogP contribution >= 0.6 is 0 Å². The standard InChI is InChI=1S/C21H23N5O4/c27-19-12-30-18-9-14(3-6-17(18)26-19)21(29)25-15-4-1-13(2-5-15)20(28)24-11-16-10-22-7-8-23-16/h3,6-10,13,15H,1-2,4-5,11-12H2,(H,24,28)(H,25,29)(H,26,27). The van der Waals surface area contributed by atoms with Crippen molar-refractivity contribution in [3.63, 3.8) is 0 Å². The first-order chi connectivity index (χ1) is 14.6. The van der Waals surface area contributed by atoms with Crippen molar-refractivity contribution in [2.75, 3.05) is 11.9 Å². The Morgan fingerprint density at radius 2 is 2.00 bits per heavy atom. The molecule has 156 valence electrons. The Morgan fingerprint density at radius 1 is 1.17 bits per heavy atom. The van der Waals surface area contributed by atoms with Gasteiger partial charge in [-0.1, -0.05) is 0 Å². The Bertz CT molecular complexity index is 942. The number of fused-ring (bicyclic) bond motifs is 1. The normalized spacial score (nSPS) is 20.3. The summed E-state index contributed by atoms with van der Waals surface area (Å²) in [5.41, 5.74) is 1.77. The molecule has 0 spiro atoms. The highest BCUT2D eigenvalue weighted by molar-refractivity contribution is 5.99. The number of aromatic nitrogens is 2. The molecule has 3 N–H and O–H groups in total. The zero-order valence-electron chi connectivity index (χ0n) is 16.4. The zero-order valence-corrected chi connectivity index (χ0v) is 16.4. The molecule has 2 aliphatic rings. The molecule has 1 aliphatic carbocycles. The molecule has 1 fully saturated rings. The first kappa shape index (κ1) is 19.8. The first-order valence-corrected chi connectivity index (χ1v) is 9.98. The van der Waals surface area contributed by atoms with Gasteiger partial charge in [-0.3, -0.25) is 24.4 Å². The summed E-state index contributed by atoms with van der Waals surface area (Å²) in [5, 5.41) is 8.65. The number of ether oxygens (including phenoxy) is 1. The van der Waals surface area contributed by atoms with E-state index in [1.807, 2.05) is 0 Å². The van der Waals surface area contributed by atoms with Gasteiger partial charge in [-0.15, -0.1) is 0 Å². The van der Waals surface area contributed by atoms with Crippen LogP contribution in [0.3, 0.4) is 0 Å². The van der Waals surface area contributed by atoms with Gasteiger partial charge in [-0.25, -0.2) is 0 Å². The summed E-state index contributed by atoms with van der Waals surface area (Å²) >= 11 is 0. The zero-order chi connectivity index (χ0) is 20.9. The number of anilines is 1. The maximum absolute atomic E-state index is 12.6. The van der Waals surface area contributed by atoms with Crippen LogP contribution in [0.4, 0.5) is 5.69 Å². The minimum absolute atomic E-state index is 0.0133. The highest BCUT2D eigenvalue weighted by Crippen LogP contribution is 2.29. The molecule has 0 bridgehead atoms. The van der Waals surface area contributed by atoms with Crippen LogP contribution in [0, 0.1) is 5.92 Å². The second-order valence-corrected chi connectivity index (χ2v) is 7.48. The van der Waals surface area contributed by atoms with E-state index >= 15 is 0 Å².